The fourth-order valence-corrected chi connectivity index (χ4v) is 3.57. The molecule has 9 nitrogen and oxygen atoms in total. The summed E-state index contributed by atoms with van der Waals surface area (Å²) in [7, 11) is -1.22. The number of aromatic amines is 1. The van der Waals surface area contributed by atoms with E-state index in [4.69, 9.17) is 9.05 Å². The van der Waals surface area contributed by atoms with Gasteiger partial charge in [0.25, 0.3) is 5.69 Å². The van der Waals surface area contributed by atoms with Crippen LogP contribution in [0.15, 0.2) is 18.2 Å². The Morgan fingerprint density at radius 2 is 1.95 bits per heavy atom. The highest BCUT2D eigenvalue weighted by atomic mass is 31.2. The van der Waals surface area contributed by atoms with E-state index in [2.05, 4.69) is 10.2 Å². The fourth-order valence-electron chi connectivity index (χ4n) is 2.39. The minimum Gasteiger partial charge on any atom is -0.308 e. The summed E-state index contributed by atoms with van der Waals surface area (Å²) in [5.41, 5.74) is 0.726. The van der Waals surface area contributed by atoms with E-state index >= 15 is 0 Å². The zero-order chi connectivity index (χ0) is 16.1. The average molecular weight is 323 g/mol. The molecule has 0 radical (unpaired) electrons. The lowest BCUT2D eigenvalue weighted by Crippen LogP contribution is -2.11. The highest BCUT2D eigenvalue weighted by Gasteiger charge is 2.40. The average Bonchev–Trinajstić information content (AvgIpc) is 3.07. The quantitative estimate of drug-likeness (QED) is 0.439. The van der Waals surface area contributed by atoms with Gasteiger partial charge in [0.2, 0.25) is 5.78 Å². The first-order valence-corrected chi connectivity index (χ1v) is 7.61. The van der Waals surface area contributed by atoms with E-state index in [1.165, 1.54) is 32.4 Å². The van der Waals surface area contributed by atoms with Crippen molar-refractivity contribution < 1.29 is 23.3 Å². The molecule has 1 N–H and O–H groups in total. The van der Waals surface area contributed by atoms with E-state index in [9.17, 15) is 19.5 Å². The number of carbonyl (C=O) groups excluding carboxylic acids is 1. The zero-order valence-corrected chi connectivity index (χ0v) is 12.4. The summed E-state index contributed by atoms with van der Waals surface area (Å²) >= 11 is 0. The van der Waals surface area contributed by atoms with Crippen LogP contribution < -0.4 is 5.44 Å². The third-order valence-corrected chi connectivity index (χ3v) is 5.28. The Morgan fingerprint density at radius 1 is 1.27 bits per heavy atom. The van der Waals surface area contributed by atoms with Gasteiger partial charge in [0, 0.05) is 37.5 Å². The Hall–Kier alpha value is -2.35. The van der Waals surface area contributed by atoms with Crippen LogP contribution in [0.25, 0.3) is 11.1 Å². The summed E-state index contributed by atoms with van der Waals surface area (Å²) in [6.45, 7) is 0. The van der Waals surface area contributed by atoms with Crippen molar-refractivity contribution in [2.75, 3.05) is 14.2 Å². The summed E-state index contributed by atoms with van der Waals surface area (Å²) in [4.78, 5) is 22.5. The van der Waals surface area contributed by atoms with Crippen LogP contribution in [0, 0.1) is 10.1 Å². The molecule has 22 heavy (non-hydrogen) atoms. The second kappa shape index (κ2) is 4.84. The van der Waals surface area contributed by atoms with Crippen molar-refractivity contribution >= 4 is 24.5 Å². The molecule has 2 aromatic rings. The van der Waals surface area contributed by atoms with E-state index in [0.717, 1.165) is 0 Å². The molecule has 3 rings (SSSR count). The first-order valence-electron chi connectivity index (χ1n) is 6.07. The van der Waals surface area contributed by atoms with Crippen LogP contribution in [0.5, 0.6) is 0 Å². The monoisotopic (exact) mass is 323 g/mol. The minimum atomic E-state index is -3.64. The Labute approximate surface area is 123 Å². The van der Waals surface area contributed by atoms with Gasteiger partial charge in [-0.05, 0) is 11.6 Å². The Balaban J connectivity index is 2.25. The molecule has 1 aliphatic rings. The van der Waals surface area contributed by atoms with Crippen molar-refractivity contribution in [3.05, 3.63) is 39.6 Å². The first kappa shape index (κ1) is 14.6. The normalized spacial score (nSPS) is 13.1. The van der Waals surface area contributed by atoms with Crippen molar-refractivity contribution in [3.63, 3.8) is 0 Å². The number of hydrogen-bond donors (Lipinski definition) is 1. The summed E-state index contributed by atoms with van der Waals surface area (Å²) in [5.74, 6) is -0.477. The van der Waals surface area contributed by atoms with E-state index < -0.39 is 18.3 Å². The number of rotatable bonds is 4. The van der Waals surface area contributed by atoms with Gasteiger partial charge in [-0.2, -0.15) is 5.10 Å². The van der Waals surface area contributed by atoms with Crippen LogP contribution in [0.4, 0.5) is 5.69 Å². The van der Waals surface area contributed by atoms with Gasteiger partial charge in [-0.15, -0.1) is 0 Å². The van der Waals surface area contributed by atoms with Gasteiger partial charge in [-0.25, -0.2) is 0 Å². The highest BCUT2D eigenvalue weighted by molar-refractivity contribution is 7.62. The number of carbonyl (C=O) groups is 1. The molecule has 114 valence electrons. The molecular formula is C12H10N3O6P. The number of fused-ring (bicyclic) bond motifs is 3. The number of ketones is 1. The number of nitro groups is 1. The first-order chi connectivity index (χ1) is 10.4. The van der Waals surface area contributed by atoms with E-state index in [0.29, 0.717) is 11.1 Å². The number of aromatic nitrogens is 2. The molecule has 0 spiro atoms. The van der Waals surface area contributed by atoms with E-state index in [-0.39, 0.29) is 22.4 Å². The van der Waals surface area contributed by atoms with Crippen LogP contribution in [-0.4, -0.2) is 35.1 Å². The third-order valence-electron chi connectivity index (χ3n) is 3.44. The minimum absolute atomic E-state index is 0.0415. The van der Waals surface area contributed by atoms with Crippen LogP contribution >= 0.6 is 7.60 Å². The Bertz CT molecular complexity index is 851. The number of nitro benzene ring substituents is 1. The van der Waals surface area contributed by atoms with Gasteiger partial charge in [-0.1, -0.05) is 0 Å². The van der Waals surface area contributed by atoms with Crippen molar-refractivity contribution in [1.29, 1.82) is 0 Å². The molecule has 0 fully saturated rings. The lowest BCUT2D eigenvalue weighted by Gasteiger charge is -2.13. The fraction of sp³-hybridized carbons (Fsp3) is 0.167. The number of nitrogens with one attached hydrogen (secondary N) is 1. The zero-order valence-electron chi connectivity index (χ0n) is 11.5. The number of H-pyrrole nitrogens is 1. The van der Waals surface area contributed by atoms with Gasteiger partial charge < -0.3 is 9.05 Å². The molecule has 1 aliphatic carbocycles. The third kappa shape index (κ3) is 1.83. The van der Waals surface area contributed by atoms with Crippen molar-refractivity contribution in [2.45, 2.75) is 0 Å². The van der Waals surface area contributed by atoms with Crippen LogP contribution in [0.3, 0.4) is 0 Å². The van der Waals surface area contributed by atoms with Gasteiger partial charge >= 0.3 is 7.60 Å². The number of non-ortho nitro benzene ring substituents is 1. The molecule has 0 aliphatic heterocycles. The maximum atomic E-state index is 12.5. The predicted molar refractivity (Wildman–Crippen MR) is 75.4 cm³/mol. The summed E-state index contributed by atoms with van der Waals surface area (Å²) in [6, 6.07) is 3.86. The molecule has 0 amide bonds. The highest BCUT2D eigenvalue weighted by Crippen LogP contribution is 2.49. The van der Waals surface area contributed by atoms with Gasteiger partial charge in [0.15, 0.2) is 5.44 Å². The molecular weight excluding hydrogens is 313 g/mol. The second-order valence-electron chi connectivity index (χ2n) is 4.47. The predicted octanol–water partition coefficient (Wildman–Crippen LogP) is 1.64. The number of nitrogens with zero attached hydrogens (tertiary/aromatic N) is 2. The molecule has 0 unspecified atom stereocenters. The number of hydrogen-bond acceptors (Lipinski definition) is 7. The lowest BCUT2D eigenvalue weighted by atomic mass is 10.1. The number of benzene rings is 1. The van der Waals surface area contributed by atoms with E-state index in [1.54, 1.807) is 0 Å². The molecule has 1 aromatic carbocycles. The van der Waals surface area contributed by atoms with Crippen molar-refractivity contribution in [1.82, 2.24) is 10.2 Å². The SMILES string of the molecule is COP(=O)(OC)c1[nH]nc2c1-c1ccc([N+](=O)[O-])cc1C2=O. The van der Waals surface area contributed by atoms with Gasteiger partial charge in [0.1, 0.15) is 5.69 Å². The largest absolute Gasteiger partial charge is 0.379 e. The van der Waals surface area contributed by atoms with Crippen LogP contribution in [0.1, 0.15) is 16.1 Å². The van der Waals surface area contributed by atoms with Crippen LogP contribution in [0.2, 0.25) is 0 Å². The maximum absolute atomic E-state index is 12.5. The Morgan fingerprint density at radius 3 is 2.55 bits per heavy atom. The summed E-state index contributed by atoms with van der Waals surface area (Å²) in [5, 5.41) is 17.2. The standard InChI is InChI=1S/C12H10N3O6P/c1-20-22(19,21-2)12-9-7-4-3-6(15(17)18)5-8(7)11(16)10(9)13-14-12/h3-5H,1-2H3,(H,13,14). The topological polar surface area (TPSA) is 124 Å². The Kier molecular flexibility index (Phi) is 3.21. The molecule has 1 aromatic heterocycles. The van der Waals surface area contributed by atoms with Crippen LogP contribution in [-0.2, 0) is 13.6 Å². The smallest absolute Gasteiger partial charge is 0.308 e. The summed E-state index contributed by atoms with van der Waals surface area (Å²) < 4.78 is 22.4. The van der Waals surface area contributed by atoms with Gasteiger partial charge in [-0.3, -0.25) is 24.6 Å². The molecule has 10 heteroatoms. The van der Waals surface area contributed by atoms with Crippen molar-refractivity contribution in [3.8, 4) is 11.1 Å². The molecule has 0 saturated heterocycles. The second-order valence-corrected chi connectivity index (χ2v) is 6.65. The molecule has 0 bridgehead atoms. The van der Waals surface area contributed by atoms with E-state index in [1.807, 2.05) is 0 Å². The summed E-state index contributed by atoms with van der Waals surface area (Å²) in [6.07, 6.45) is 0. The molecule has 0 saturated carbocycles. The lowest BCUT2D eigenvalue weighted by molar-refractivity contribution is -0.384. The molecule has 1 heterocycles. The van der Waals surface area contributed by atoms with Gasteiger partial charge in [0.05, 0.1) is 4.92 Å². The maximum Gasteiger partial charge on any atom is 0.379 e. The molecule has 0 atom stereocenters. The van der Waals surface area contributed by atoms with Crippen molar-refractivity contribution in [2.24, 2.45) is 0 Å².